The molecule has 9 nitrogen and oxygen atoms in total. The van der Waals surface area contributed by atoms with Gasteiger partial charge in [0, 0.05) is 11.3 Å². The fourth-order valence-electron chi connectivity index (χ4n) is 6.08. The van der Waals surface area contributed by atoms with Gasteiger partial charge in [0.2, 0.25) is 5.75 Å². The number of fused-ring (bicyclic) bond motifs is 4. The Morgan fingerprint density at radius 3 is 2.13 bits per heavy atom. The molecule has 1 unspecified atom stereocenters. The first kappa shape index (κ1) is 28.2. The lowest BCUT2D eigenvalue weighted by Crippen LogP contribution is -2.46. The predicted molar refractivity (Wildman–Crippen MR) is 179 cm³/mol. The molecule has 0 saturated heterocycles. The molecule has 7 rings (SSSR count). The van der Waals surface area contributed by atoms with Crippen LogP contribution in [0.2, 0.25) is 0 Å². The van der Waals surface area contributed by atoms with Crippen LogP contribution in [0.3, 0.4) is 0 Å². The molecule has 2 aliphatic heterocycles. The van der Waals surface area contributed by atoms with Crippen LogP contribution in [0.4, 0.5) is 22.9 Å². The molecule has 5 aromatic rings. The van der Waals surface area contributed by atoms with Gasteiger partial charge in [-0.05, 0) is 86.0 Å². The van der Waals surface area contributed by atoms with Crippen LogP contribution in [0, 0.1) is 20.8 Å². The van der Waals surface area contributed by atoms with E-state index >= 15 is 0 Å². The first-order chi connectivity index (χ1) is 21.9. The monoisotopic (exact) mass is 598 g/mol. The van der Waals surface area contributed by atoms with Crippen LogP contribution in [0.15, 0.2) is 94.9 Å². The van der Waals surface area contributed by atoms with Crippen LogP contribution in [0.5, 0.6) is 17.2 Å². The van der Waals surface area contributed by atoms with Crippen molar-refractivity contribution in [1.82, 2.24) is 9.78 Å². The Bertz CT molecular complexity index is 1970. The summed E-state index contributed by atoms with van der Waals surface area (Å²) in [5.74, 6) is 3.71. The average molecular weight is 599 g/mol. The van der Waals surface area contributed by atoms with E-state index < -0.39 is 0 Å². The first-order valence-electron chi connectivity index (χ1n) is 14.8. The summed E-state index contributed by atoms with van der Waals surface area (Å²) < 4.78 is 19.2. The Hall–Kier alpha value is -5.57. The molecule has 4 aromatic carbocycles. The second-order valence-corrected chi connectivity index (χ2v) is 11.1. The zero-order valence-electron chi connectivity index (χ0n) is 26.1. The summed E-state index contributed by atoms with van der Waals surface area (Å²) in [6.07, 6.45) is 0. The minimum atomic E-state index is -0.355. The van der Waals surface area contributed by atoms with Crippen LogP contribution < -0.4 is 24.4 Å². The number of aryl methyl sites for hydroxylation is 3. The summed E-state index contributed by atoms with van der Waals surface area (Å²) >= 11 is 0. The van der Waals surface area contributed by atoms with E-state index in [-0.39, 0.29) is 6.04 Å². The zero-order chi connectivity index (χ0) is 31.2. The number of nitrogens with one attached hydrogen (secondary N) is 1. The molecule has 0 radical (unpaired) electrons. The van der Waals surface area contributed by atoms with Crippen LogP contribution in [0.1, 0.15) is 34.0 Å². The summed E-state index contributed by atoms with van der Waals surface area (Å²) in [4.78, 5) is 12.7. The molecule has 0 aliphatic carbocycles. The summed E-state index contributed by atoms with van der Waals surface area (Å²) in [7, 11) is 4.88. The number of ether oxygens (including phenoxy) is 3. The Balaban J connectivity index is 1.51. The molecule has 0 saturated carbocycles. The number of amidine groups is 2. The zero-order valence-corrected chi connectivity index (χ0v) is 26.1. The molecule has 0 spiro atoms. The van der Waals surface area contributed by atoms with Gasteiger partial charge in [0.25, 0.3) is 0 Å². The third kappa shape index (κ3) is 4.68. The van der Waals surface area contributed by atoms with Crippen molar-refractivity contribution in [3.05, 3.63) is 113 Å². The van der Waals surface area contributed by atoms with Gasteiger partial charge in [-0.3, -0.25) is 0 Å². The van der Waals surface area contributed by atoms with E-state index in [0.717, 1.165) is 45.4 Å². The number of aromatic nitrogens is 2. The quantitative estimate of drug-likeness (QED) is 0.216. The highest BCUT2D eigenvalue weighted by Crippen LogP contribution is 2.50. The fraction of sp³-hybridized carbons (Fsp3) is 0.194. The maximum Gasteiger partial charge on any atom is 0.203 e. The van der Waals surface area contributed by atoms with Gasteiger partial charge < -0.3 is 24.4 Å². The molecule has 2 aliphatic rings. The van der Waals surface area contributed by atoms with Gasteiger partial charge in [0.1, 0.15) is 0 Å². The van der Waals surface area contributed by atoms with Gasteiger partial charge >= 0.3 is 0 Å². The highest BCUT2D eigenvalue weighted by molar-refractivity contribution is 6.51. The number of rotatable bonds is 6. The van der Waals surface area contributed by atoms with Crippen LogP contribution >= 0.6 is 0 Å². The van der Waals surface area contributed by atoms with E-state index in [4.69, 9.17) is 29.3 Å². The third-order valence-corrected chi connectivity index (χ3v) is 8.41. The van der Waals surface area contributed by atoms with Gasteiger partial charge in [-0.25, -0.2) is 14.7 Å². The standard InChI is InChI=1S/C36H34N6O3/c1-21-16-17-25(18-22(21)2)37-34-36-39-35-31(23(3)40-42(35)26-12-8-7-9-13-26)32(41(36)28-15-11-10-14-27(28)38-34)24-19-29(43-4)33(45-6)30(20-24)44-5/h7-20,32H,1-6H3,(H,37,38). The van der Waals surface area contributed by atoms with Crippen molar-refractivity contribution in [2.75, 3.05) is 31.5 Å². The molecule has 0 fully saturated rings. The molecule has 0 amide bonds. The Morgan fingerprint density at radius 1 is 0.733 bits per heavy atom. The molecular formula is C36H34N6O3. The molecule has 0 bridgehead atoms. The van der Waals surface area contributed by atoms with Crippen LogP contribution in [0.25, 0.3) is 5.69 Å². The minimum Gasteiger partial charge on any atom is -0.493 e. The lowest BCUT2D eigenvalue weighted by Gasteiger charge is -2.40. The fourth-order valence-corrected chi connectivity index (χ4v) is 6.08. The molecule has 226 valence electrons. The largest absolute Gasteiger partial charge is 0.493 e. The maximum atomic E-state index is 5.82. The highest BCUT2D eigenvalue weighted by Gasteiger charge is 2.42. The predicted octanol–water partition coefficient (Wildman–Crippen LogP) is 7.62. The summed E-state index contributed by atoms with van der Waals surface area (Å²) in [6.45, 7) is 6.25. The van der Waals surface area contributed by atoms with Crippen molar-refractivity contribution >= 4 is 34.6 Å². The van der Waals surface area contributed by atoms with E-state index in [1.807, 2.05) is 72.3 Å². The Kier molecular flexibility index (Phi) is 7.00. The number of hydrogen-bond acceptors (Lipinski definition) is 8. The topological polar surface area (TPSA) is 85.5 Å². The van der Waals surface area contributed by atoms with Gasteiger partial charge in [-0.2, -0.15) is 5.10 Å². The van der Waals surface area contributed by atoms with Crippen molar-refractivity contribution in [3.8, 4) is 22.9 Å². The molecule has 9 heteroatoms. The van der Waals surface area contributed by atoms with Crippen molar-refractivity contribution < 1.29 is 14.2 Å². The number of anilines is 2. The second kappa shape index (κ2) is 11.2. The van der Waals surface area contributed by atoms with E-state index in [1.54, 1.807) is 21.3 Å². The average Bonchev–Trinajstić information content (AvgIpc) is 3.40. The first-order valence-corrected chi connectivity index (χ1v) is 14.8. The lowest BCUT2D eigenvalue weighted by atomic mass is 9.92. The number of para-hydroxylation sites is 3. The smallest absolute Gasteiger partial charge is 0.203 e. The van der Waals surface area contributed by atoms with Gasteiger partial charge in [-0.15, -0.1) is 0 Å². The molecular weight excluding hydrogens is 564 g/mol. The summed E-state index contributed by atoms with van der Waals surface area (Å²) in [5, 5.41) is 8.64. The van der Waals surface area contributed by atoms with Crippen molar-refractivity contribution in [3.63, 3.8) is 0 Å². The number of benzene rings is 4. The molecule has 1 aromatic heterocycles. The SMILES string of the molecule is COc1cc(C2c3c(C)nn(-c4ccccc4)c3N=C3C(Nc4ccc(C)c(C)c4)=Nc4ccccc4N32)cc(OC)c1OC. The Labute approximate surface area is 262 Å². The number of hydrogen-bond donors (Lipinski definition) is 1. The van der Waals surface area contributed by atoms with E-state index in [0.29, 0.717) is 28.9 Å². The number of aliphatic imine (C=N–C) groups is 2. The van der Waals surface area contributed by atoms with Gasteiger partial charge in [-0.1, -0.05) is 36.4 Å². The minimum absolute atomic E-state index is 0.355. The van der Waals surface area contributed by atoms with Crippen molar-refractivity contribution in [2.45, 2.75) is 26.8 Å². The van der Waals surface area contributed by atoms with Crippen molar-refractivity contribution in [1.29, 1.82) is 0 Å². The van der Waals surface area contributed by atoms with E-state index in [2.05, 4.69) is 48.3 Å². The van der Waals surface area contributed by atoms with Gasteiger partial charge in [0.05, 0.1) is 50.1 Å². The number of nitrogens with zero attached hydrogens (tertiary/aromatic N) is 5. The second-order valence-electron chi connectivity index (χ2n) is 11.1. The number of methoxy groups -OCH3 is 3. The van der Waals surface area contributed by atoms with Crippen LogP contribution in [-0.2, 0) is 0 Å². The molecule has 1 atom stereocenters. The maximum absolute atomic E-state index is 5.82. The molecule has 1 N–H and O–H groups in total. The molecule has 45 heavy (non-hydrogen) atoms. The summed E-state index contributed by atoms with van der Waals surface area (Å²) in [5.41, 5.74) is 8.78. The van der Waals surface area contributed by atoms with Crippen molar-refractivity contribution in [2.24, 2.45) is 9.98 Å². The van der Waals surface area contributed by atoms with E-state index in [9.17, 15) is 0 Å². The normalized spacial score (nSPS) is 14.9. The Morgan fingerprint density at radius 2 is 1.44 bits per heavy atom. The lowest BCUT2D eigenvalue weighted by molar-refractivity contribution is 0.323. The van der Waals surface area contributed by atoms with E-state index in [1.165, 1.54) is 11.1 Å². The van der Waals surface area contributed by atoms with Crippen LogP contribution in [-0.4, -0.2) is 42.8 Å². The highest BCUT2D eigenvalue weighted by atomic mass is 16.5. The third-order valence-electron chi connectivity index (χ3n) is 8.41. The van der Waals surface area contributed by atoms with Gasteiger partial charge in [0.15, 0.2) is 29.0 Å². The molecule has 3 heterocycles. The summed E-state index contributed by atoms with van der Waals surface area (Å²) in [6, 6.07) is 28.2.